The zero-order chi connectivity index (χ0) is 25.2. The Balaban J connectivity index is 1.52. The van der Waals surface area contributed by atoms with Crippen molar-refractivity contribution < 1.29 is 4.79 Å². The van der Waals surface area contributed by atoms with Gasteiger partial charge in [-0.1, -0.05) is 91.3 Å². The fraction of sp³-hybridized carbons (Fsp3) is 0.267. The van der Waals surface area contributed by atoms with Gasteiger partial charge in [0.25, 0.3) is 5.91 Å². The van der Waals surface area contributed by atoms with Gasteiger partial charge in [0.15, 0.2) is 0 Å². The normalized spacial score (nSPS) is 11.2. The smallest absolute Gasteiger partial charge is 0.270 e. The Morgan fingerprint density at radius 1 is 0.944 bits per heavy atom. The molecule has 0 fully saturated rings. The van der Waals surface area contributed by atoms with Crippen LogP contribution in [0.1, 0.15) is 57.9 Å². The first kappa shape index (κ1) is 26.1. The van der Waals surface area contributed by atoms with Crippen molar-refractivity contribution >= 4 is 28.8 Å². The van der Waals surface area contributed by atoms with E-state index in [-0.39, 0.29) is 5.91 Å². The number of hydrogen-bond acceptors (Lipinski definition) is 4. The number of hydrogen-bond donors (Lipinski definition) is 1. The molecule has 0 saturated carbocycles. The van der Waals surface area contributed by atoms with Crippen LogP contribution in [-0.2, 0) is 13.1 Å². The summed E-state index contributed by atoms with van der Waals surface area (Å²) in [6, 6.07) is 29.4. The van der Waals surface area contributed by atoms with E-state index in [4.69, 9.17) is 11.6 Å². The molecule has 0 radical (unpaired) electrons. The molecule has 1 N–H and O–H groups in total. The molecule has 4 rings (SSSR count). The molecule has 186 valence electrons. The van der Waals surface area contributed by atoms with Crippen molar-refractivity contribution in [3.63, 3.8) is 0 Å². The monoisotopic (exact) mass is 517 g/mol. The first-order chi connectivity index (χ1) is 17.6. The van der Waals surface area contributed by atoms with Crippen LogP contribution in [-0.4, -0.2) is 28.9 Å². The van der Waals surface area contributed by atoms with Crippen LogP contribution in [0.25, 0.3) is 0 Å². The molecule has 1 aromatic heterocycles. The van der Waals surface area contributed by atoms with E-state index >= 15 is 0 Å². The fourth-order valence-corrected chi connectivity index (χ4v) is 5.22. The lowest BCUT2D eigenvalue weighted by Crippen LogP contribution is -2.26. The van der Waals surface area contributed by atoms with Crippen LogP contribution in [0.5, 0.6) is 0 Å². The summed E-state index contributed by atoms with van der Waals surface area (Å²) in [6.45, 7) is 5.05. The van der Waals surface area contributed by atoms with Crippen molar-refractivity contribution in [2.75, 3.05) is 13.1 Å². The number of nitrogens with zero attached hydrogens (tertiary/aromatic N) is 2. The quantitative estimate of drug-likeness (QED) is 0.217. The van der Waals surface area contributed by atoms with E-state index < -0.39 is 0 Å². The van der Waals surface area contributed by atoms with E-state index in [0.29, 0.717) is 24.7 Å². The molecule has 0 aliphatic heterocycles. The van der Waals surface area contributed by atoms with E-state index in [1.807, 2.05) is 24.4 Å². The van der Waals surface area contributed by atoms with Crippen molar-refractivity contribution in [3.05, 3.63) is 123 Å². The number of rotatable bonds is 12. The SMILES string of the molecule is CCCNC(=O)c1csc(CN(CCC(c2ccccc2)c2ccccc2)Cc2ccc(Cl)cc2)n1. The second-order valence-corrected chi connectivity index (χ2v) is 10.3. The molecular weight excluding hydrogens is 486 g/mol. The van der Waals surface area contributed by atoms with Gasteiger partial charge in [0.2, 0.25) is 0 Å². The summed E-state index contributed by atoms with van der Waals surface area (Å²) in [5, 5.41) is 6.46. The van der Waals surface area contributed by atoms with Crippen LogP contribution in [0.4, 0.5) is 0 Å². The lowest BCUT2D eigenvalue weighted by molar-refractivity contribution is 0.0949. The molecule has 0 aliphatic carbocycles. The Morgan fingerprint density at radius 3 is 2.19 bits per heavy atom. The summed E-state index contributed by atoms with van der Waals surface area (Å²) < 4.78 is 0. The predicted molar refractivity (Wildman–Crippen MR) is 150 cm³/mol. The standard InChI is InChI=1S/C30H32ClN3OS/c1-2-18-32-30(35)28-22-36-29(33-28)21-34(20-23-13-15-26(31)16-14-23)19-17-27(24-9-5-3-6-10-24)25-11-7-4-8-12-25/h3-16,22,27H,2,17-21H2,1H3,(H,32,35). The number of amides is 1. The highest BCUT2D eigenvalue weighted by Gasteiger charge is 2.18. The van der Waals surface area contributed by atoms with Crippen LogP contribution in [0.3, 0.4) is 0 Å². The molecule has 0 aliphatic rings. The number of benzene rings is 3. The summed E-state index contributed by atoms with van der Waals surface area (Å²) in [5.74, 6) is 0.198. The summed E-state index contributed by atoms with van der Waals surface area (Å²) in [4.78, 5) is 19.4. The molecule has 0 spiro atoms. The highest BCUT2D eigenvalue weighted by Crippen LogP contribution is 2.29. The van der Waals surface area contributed by atoms with Crippen LogP contribution in [0.15, 0.2) is 90.3 Å². The van der Waals surface area contributed by atoms with Gasteiger partial charge in [0.1, 0.15) is 10.7 Å². The molecule has 1 amide bonds. The molecule has 0 unspecified atom stereocenters. The third-order valence-corrected chi connectivity index (χ3v) is 7.22. The maximum Gasteiger partial charge on any atom is 0.270 e. The van der Waals surface area contributed by atoms with E-state index in [1.54, 1.807) is 11.3 Å². The van der Waals surface area contributed by atoms with Gasteiger partial charge < -0.3 is 5.32 Å². The Hall–Kier alpha value is -2.99. The Kier molecular flexibility index (Phi) is 9.68. The topological polar surface area (TPSA) is 45.2 Å². The van der Waals surface area contributed by atoms with Crippen LogP contribution in [0.2, 0.25) is 5.02 Å². The minimum absolute atomic E-state index is 0.100. The minimum Gasteiger partial charge on any atom is -0.351 e. The van der Waals surface area contributed by atoms with Gasteiger partial charge in [-0.2, -0.15) is 0 Å². The third kappa shape index (κ3) is 7.50. The van der Waals surface area contributed by atoms with E-state index in [9.17, 15) is 4.79 Å². The molecule has 1 heterocycles. The second kappa shape index (κ2) is 13.4. The van der Waals surface area contributed by atoms with Gasteiger partial charge >= 0.3 is 0 Å². The first-order valence-corrected chi connectivity index (χ1v) is 13.7. The summed E-state index contributed by atoms with van der Waals surface area (Å²) in [7, 11) is 0. The fourth-order valence-electron chi connectivity index (χ4n) is 4.28. The zero-order valence-corrected chi connectivity index (χ0v) is 22.1. The molecule has 6 heteroatoms. The van der Waals surface area contributed by atoms with E-state index in [2.05, 4.69) is 88.0 Å². The van der Waals surface area contributed by atoms with Crippen molar-refractivity contribution in [2.45, 2.75) is 38.8 Å². The van der Waals surface area contributed by atoms with Gasteiger partial charge in [-0.05, 0) is 48.2 Å². The number of carbonyl (C=O) groups excluding carboxylic acids is 1. The van der Waals surface area contributed by atoms with Crippen molar-refractivity contribution in [1.29, 1.82) is 0 Å². The van der Waals surface area contributed by atoms with E-state index in [0.717, 1.165) is 36.0 Å². The molecular formula is C30H32ClN3OS. The number of aromatic nitrogens is 1. The molecule has 4 nitrogen and oxygen atoms in total. The molecule has 3 aromatic carbocycles. The van der Waals surface area contributed by atoms with Crippen LogP contribution >= 0.6 is 22.9 Å². The highest BCUT2D eigenvalue weighted by atomic mass is 35.5. The van der Waals surface area contributed by atoms with Gasteiger partial charge in [-0.25, -0.2) is 4.98 Å². The van der Waals surface area contributed by atoms with Crippen molar-refractivity contribution in [2.24, 2.45) is 0 Å². The minimum atomic E-state index is -0.100. The summed E-state index contributed by atoms with van der Waals surface area (Å²) in [6.07, 6.45) is 1.87. The number of carbonyl (C=O) groups is 1. The maximum absolute atomic E-state index is 12.4. The van der Waals surface area contributed by atoms with Crippen molar-refractivity contribution in [3.8, 4) is 0 Å². The predicted octanol–water partition coefficient (Wildman–Crippen LogP) is 7.16. The molecule has 0 saturated heterocycles. The number of nitrogens with one attached hydrogen (secondary N) is 1. The Morgan fingerprint density at radius 2 is 1.58 bits per heavy atom. The average molecular weight is 518 g/mol. The number of thiazole rings is 1. The zero-order valence-electron chi connectivity index (χ0n) is 20.6. The van der Waals surface area contributed by atoms with Gasteiger partial charge in [-0.3, -0.25) is 9.69 Å². The Labute approximate surface area is 223 Å². The van der Waals surface area contributed by atoms with E-state index in [1.165, 1.54) is 16.7 Å². The average Bonchev–Trinajstić information content (AvgIpc) is 3.38. The second-order valence-electron chi connectivity index (χ2n) is 8.88. The third-order valence-electron chi connectivity index (χ3n) is 6.14. The molecule has 0 atom stereocenters. The maximum atomic E-state index is 12.4. The molecule has 36 heavy (non-hydrogen) atoms. The summed E-state index contributed by atoms with van der Waals surface area (Å²) >= 11 is 7.67. The van der Waals surface area contributed by atoms with Gasteiger partial charge in [-0.15, -0.1) is 11.3 Å². The highest BCUT2D eigenvalue weighted by molar-refractivity contribution is 7.09. The number of halogens is 1. The molecule has 0 bridgehead atoms. The van der Waals surface area contributed by atoms with Gasteiger partial charge in [0.05, 0.1) is 6.54 Å². The van der Waals surface area contributed by atoms with Crippen LogP contribution < -0.4 is 5.32 Å². The lowest BCUT2D eigenvalue weighted by atomic mass is 9.88. The Bertz CT molecular complexity index is 1170. The van der Waals surface area contributed by atoms with Crippen molar-refractivity contribution in [1.82, 2.24) is 15.2 Å². The largest absolute Gasteiger partial charge is 0.351 e. The lowest BCUT2D eigenvalue weighted by Gasteiger charge is -2.25. The molecule has 4 aromatic rings. The van der Waals surface area contributed by atoms with Gasteiger partial charge in [0, 0.05) is 29.4 Å². The summed E-state index contributed by atoms with van der Waals surface area (Å²) in [5.41, 5.74) is 4.34. The van der Waals surface area contributed by atoms with Crippen LogP contribution in [0, 0.1) is 0 Å². The first-order valence-electron chi connectivity index (χ1n) is 12.4.